The number of carbonyl (C=O) groups excluding carboxylic acids is 2. The molecule has 114 valence electrons. The van der Waals surface area contributed by atoms with Crippen LogP contribution >= 0.6 is 0 Å². The molecule has 0 radical (unpaired) electrons. The Morgan fingerprint density at radius 1 is 1.24 bits per heavy atom. The fraction of sp³-hybridized carbons (Fsp3) is 0.500. The maximum atomic E-state index is 12.3. The standard InChI is InChI=1S/C16H23N3O2/c1-10-4-5-13(17)14(7-10)18-15(20)16(21)19-8-11(2)6-12(3)9-19/h4-5,7,11-12H,6,8-9,17H2,1-3H3,(H,18,20). The molecule has 0 aromatic heterocycles. The van der Waals surface area contributed by atoms with Gasteiger partial charge < -0.3 is 16.0 Å². The van der Waals surface area contributed by atoms with Crippen LogP contribution in [0.1, 0.15) is 25.8 Å². The monoisotopic (exact) mass is 289 g/mol. The maximum absolute atomic E-state index is 12.3. The summed E-state index contributed by atoms with van der Waals surface area (Å²) in [5.74, 6) is -0.244. The second-order valence-electron chi connectivity index (χ2n) is 6.20. The highest BCUT2D eigenvalue weighted by Crippen LogP contribution is 2.22. The molecule has 2 amide bonds. The van der Waals surface area contributed by atoms with Gasteiger partial charge in [0.25, 0.3) is 0 Å². The Bertz CT molecular complexity index is 546. The van der Waals surface area contributed by atoms with Crippen molar-refractivity contribution in [2.75, 3.05) is 24.1 Å². The highest BCUT2D eigenvalue weighted by atomic mass is 16.2. The first kappa shape index (κ1) is 15.4. The van der Waals surface area contributed by atoms with Crippen LogP contribution in [0.2, 0.25) is 0 Å². The van der Waals surface area contributed by atoms with Gasteiger partial charge >= 0.3 is 11.8 Å². The van der Waals surface area contributed by atoms with Crippen molar-refractivity contribution in [1.29, 1.82) is 0 Å². The van der Waals surface area contributed by atoms with Crippen LogP contribution in [0.15, 0.2) is 18.2 Å². The third-order valence-corrected chi connectivity index (χ3v) is 3.81. The van der Waals surface area contributed by atoms with E-state index in [9.17, 15) is 9.59 Å². The molecule has 0 aliphatic carbocycles. The van der Waals surface area contributed by atoms with Gasteiger partial charge in [0.05, 0.1) is 11.4 Å². The quantitative estimate of drug-likeness (QED) is 0.613. The van der Waals surface area contributed by atoms with E-state index in [0.717, 1.165) is 12.0 Å². The molecule has 1 fully saturated rings. The first-order chi connectivity index (χ1) is 9.86. The molecule has 0 bridgehead atoms. The summed E-state index contributed by atoms with van der Waals surface area (Å²) in [7, 11) is 0. The van der Waals surface area contributed by atoms with Crippen LogP contribution in [0, 0.1) is 18.8 Å². The van der Waals surface area contributed by atoms with Crippen molar-refractivity contribution in [3.8, 4) is 0 Å². The number of likely N-dealkylation sites (tertiary alicyclic amines) is 1. The number of nitrogens with two attached hydrogens (primary N) is 1. The number of hydrogen-bond acceptors (Lipinski definition) is 3. The third-order valence-electron chi connectivity index (χ3n) is 3.81. The lowest BCUT2D eigenvalue weighted by molar-refractivity contribution is -0.144. The molecule has 1 heterocycles. The zero-order chi connectivity index (χ0) is 15.6. The first-order valence-electron chi connectivity index (χ1n) is 7.33. The summed E-state index contributed by atoms with van der Waals surface area (Å²) in [6.45, 7) is 7.39. The number of amides is 2. The molecule has 1 saturated heterocycles. The second kappa shape index (κ2) is 6.16. The number of nitrogens with zero attached hydrogens (tertiary/aromatic N) is 1. The van der Waals surface area contributed by atoms with Crippen LogP contribution < -0.4 is 11.1 Å². The van der Waals surface area contributed by atoms with Gasteiger partial charge in [-0.1, -0.05) is 19.9 Å². The predicted molar refractivity (Wildman–Crippen MR) is 83.7 cm³/mol. The normalized spacial score (nSPS) is 22.0. The van der Waals surface area contributed by atoms with Gasteiger partial charge in [0, 0.05) is 13.1 Å². The van der Waals surface area contributed by atoms with E-state index in [-0.39, 0.29) is 0 Å². The van der Waals surface area contributed by atoms with Crippen molar-refractivity contribution >= 4 is 23.2 Å². The van der Waals surface area contributed by atoms with Crippen molar-refractivity contribution in [2.45, 2.75) is 27.2 Å². The molecule has 2 atom stereocenters. The third kappa shape index (κ3) is 3.74. The van der Waals surface area contributed by atoms with Crippen molar-refractivity contribution in [3.63, 3.8) is 0 Å². The van der Waals surface area contributed by atoms with Gasteiger partial charge in [-0.05, 0) is 42.9 Å². The lowest BCUT2D eigenvalue weighted by Gasteiger charge is -2.34. The molecule has 0 saturated carbocycles. The van der Waals surface area contributed by atoms with E-state index in [0.29, 0.717) is 36.3 Å². The van der Waals surface area contributed by atoms with Crippen LogP contribution in [0.4, 0.5) is 11.4 Å². The van der Waals surface area contributed by atoms with E-state index < -0.39 is 11.8 Å². The lowest BCUT2D eigenvalue weighted by Crippen LogP contribution is -2.47. The average molecular weight is 289 g/mol. The molecule has 5 heteroatoms. The summed E-state index contributed by atoms with van der Waals surface area (Å²) in [6, 6.07) is 5.35. The number of rotatable bonds is 1. The van der Waals surface area contributed by atoms with Crippen LogP contribution in [0.3, 0.4) is 0 Å². The molecule has 2 unspecified atom stereocenters. The topological polar surface area (TPSA) is 75.4 Å². The average Bonchev–Trinajstić information content (AvgIpc) is 2.41. The Morgan fingerprint density at radius 2 is 1.86 bits per heavy atom. The Balaban J connectivity index is 2.06. The molecule has 1 aromatic carbocycles. The van der Waals surface area contributed by atoms with E-state index in [1.165, 1.54) is 0 Å². The lowest BCUT2D eigenvalue weighted by atomic mass is 9.92. The highest BCUT2D eigenvalue weighted by Gasteiger charge is 2.29. The molecular formula is C16H23N3O2. The molecule has 1 aliphatic heterocycles. The van der Waals surface area contributed by atoms with E-state index in [1.807, 2.05) is 13.0 Å². The number of anilines is 2. The van der Waals surface area contributed by atoms with Crippen molar-refractivity contribution in [3.05, 3.63) is 23.8 Å². The number of benzene rings is 1. The molecule has 1 aromatic rings. The van der Waals surface area contributed by atoms with E-state index in [1.54, 1.807) is 17.0 Å². The summed E-state index contributed by atoms with van der Waals surface area (Å²) in [6.07, 6.45) is 1.09. The number of carbonyl (C=O) groups is 2. The number of nitrogens with one attached hydrogen (secondary N) is 1. The molecule has 2 rings (SSSR count). The van der Waals surface area contributed by atoms with E-state index in [4.69, 9.17) is 5.73 Å². The molecule has 5 nitrogen and oxygen atoms in total. The van der Waals surface area contributed by atoms with Crippen LogP contribution in [-0.2, 0) is 9.59 Å². The largest absolute Gasteiger partial charge is 0.397 e. The van der Waals surface area contributed by atoms with Gasteiger partial charge in [0.15, 0.2) is 0 Å². The molecule has 3 N–H and O–H groups in total. The first-order valence-corrected chi connectivity index (χ1v) is 7.33. The summed E-state index contributed by atoms with van der Waals surface area (Å²) in [4.78, 5) is 26.0. The fourth-order valence-corrected chi connectivity index (χ4v) is 2.93. The van der Waals surface area contributed by atoms with Crippen molar-refractivity contribution < 1.29 is 9.59 Å². The molecule has 0 spiro atoms. The Labute approximate surface area is 125 Å². The minimum Gasteiger partial charge on any atom is -0.397 e. The smallest absolute Gasteiger partial charge is 0.313 e. The predicted octanol–water partition coefficient (Wildman–Crippen LogP) is 2.02. The van der Waals surface area contributed by atoms with Gasteiger partial charge in [0.1, 0.15) is 0 Å². The minimum atomic E-state index is -0.617. The Kier molecular flexibility index (Phi) is 4.50. The number of aryl methyl sites for hydroxylation is 1. The summed E-state index contributed by atoms with van der Waals surface area (Å²) >= 11 is 0. The SMILES string of the molecule is Cc1ccc(N)c(NC(=O)C(=O)N2CC(C)CC(C)C2)c1. The van der Waals surface area contributed by atoms with Gasteiger partial charge in [-0.2, -0.15) is 0 Å². The van der Waals surface area contributed by atoms with Crippen LogP contribution in [-0.4, -0.2) is 29.8 Å². The molecule has 21 heavy (non-hydrogen) atoms. The summed E-state index contributed by atoms with van der Waals surface area (Å²) in [5, 5.41) is 2.62. The highest BCUT2D eigenvalue weighted by molar-refractivity contribution is 6.39. The van der Waals surface area contributed by atoms with Gasteiger partial charge in [0.2, 0.25) is 0 Å². The van der Waals surface area contributed by atoms with Crippen LogP contribution in [0.25, 0.3) is 0 Å². The number of piperidine rings is 1. The van der Waals surface area contributed by atoms with E-state index >= 15 is 0 Å². The Morgan fingerprint density at radius 3 is 2.48 bits per heavy atom. The van der Waals surface area contributed by atoms with Crippen LogP contribution in [0.5, 0.6) is 0 Å². The Hall–Kier alpha value is -2.04. The van der Waals surface area contributed by atoms with Crippen molar-refractivity contribution in [1.82, 2.24) is 4.90 Å². The summed E-state index contributed by atoms with van der Waals surface area (Å²) < 4.78 is 0. The van der Waals surface area contributed by atoms with Gasteiger partial charge in [-0.3, -0.25) is 9.59 Å². The number of nitrogen functional groups attached to an aromatic ring is 1. The molecular weight excluding hydrogens is 266 g/mol. The zero-order valence-electron chi connectivity index (χ0n) is 12.8. The van der Waals surface area contributed by atoms with E-state index in [2.05, 4.69) is 19.2 Å². The van der Waals surface area contributed by atoms with Gasteiger partial charge in [-0.25, -0.2) is 0 Å². The number of hydrogen-bond donors (Lipinski definition) is 2. The second-order valence-corrected chi connectivity index (χ2v) is 6.20. The summed E-state index contributed by atoms with van der Waals surface area (Å²) in [5.41, 5.74) is 7.75. The van der Waals surface area contributed by atoms with Gasteiger partial charge in [-0.15, -0.1) is 0 Å². The zero-order valence-corrected chi connectivity index (χ0v) is 12.8. The maximum Gasteiger partial charge on any atom is 0.313 e. The minimum absolute atomic E-state index is 0.425. The fourth-order valence-electron chi connectivity index (χ4n) is 2.93. The van der Waals surface area contributed by atoms with Crippen molar-refractivity contribution in [2.24, 2.45) is 11.8 Å². The molecule has 1 aliphatic rings.